The molecule has 2 heteroatoms. The molecule has 2 rings (SSSR count). The molecular formula is C12H16NY+2. The second-order valence-electron chi connectivity index (χ2n) is 4.23. The van der Waals surface area contributed by atoms with Crippen LogP contribution in [0, 0.1) is 13.8 Å². The number of hydrogen-bond acceptors (Lipinski definition) is 0. The minimum absolute atomic E-state index is 0. The summed E-state index contributed by atoms with van der Waals surface area (Å²) >= 11 is 0. The van der Waals surface area contributed by atoms with Crippen molar-refractivity contribution in [1.82, 2.24) is 0 Å². The van der Waals surface area contributed by atoms with Gasteiger partial charge in [-0.1, -0.05) is 36.6 Å². The maximum atomic E-state index is 7.51. The molecule has 0 aliphatic heterocycles. The van der Waals surface area contributed by atoms with Crippen molar-refractivity contribution in [3.05, 3.63) is 40.6 Å². The van der Waals surface area contributed by atoms with Gasteiger partial charge < -0.3 is 5.73 Å². The summed E-state index contributed by atoms with van der Waals surface area (Å²) in [6.07, 6.45) is 2.12. The summed E-state index contributed by atoms with van der Waals surface area (Å²) in [5, 5.41) is 0. The molecule has 0 bridgehead atoms. The first-order valence-electron chi connectivity index (χ1n) is 4.95. The average molecular weight is 263 g/mol. The van der Waals surface area contributed by atoms with E-state index in [0.29, 0.717) is 5.92 Å². The Labute approximate surface area is 111 Å². The maximum absolute atomic E-state index is 7.51. The van der Waals surface area contributed by atoms with Crippen LogP contribution in [0.2, 0.25) is 0 Å². The van der Waals surface area contributed by atoms with E-state index in [1.165, 1.54) is 16.7 Å². The van der Waals surface area contributed by atoms with E-state index in [4.69, 9.17) is 5.73 Å². The van der Waals surface area contributed by atoms with E-state index in [2.05, 4.69) is 32.0 Å². The molecule has 0 aromatic heterocycles. The van der Waals surface area contributed by atoms with Gasteiger partial charge in [0.05, 0.1) is 0 Å². The molecule has 0 heterocycles. The van der Waals surface area contributed by atoms with Crippen molar-refractivity contribution in [2.75, 3.05) is 0 Å². The van der Waals surface area contributed by atoms with Crippen LogP contribution in [0.3, 0.4) is 0 Å². The third-order valence-electron chi connectivity index (χ3n) is 3.00. The fraction of sp³-hybridized carbons (Fsp3) is 0.500. The predicted octanol–water partition coefficient (Wildman–Crippen LogP) is 3.60. The van der Waals surface area contributed by atoms with Gasteiger partial charge in [0.25, 0.3) is 0 Å². The zero-order chi connectivity index (χ0) is 9.42. The minimum atomic E-state index is 0. The monoisotopic (exact) mass is 263 g/mol. The van der Waals surface area contributed by atoms with Crippen LogP contribution in [0.5, 0.6) is 0 Å². The Kier molecular flexibility index (Phi) is 4.30. The molecule has 1 aliphatic rings. The SMILES string of the molecule is Cc1ccc(C2CC([NH-])C2)c(C)c1.[Y+3]. The van der Waals surface area contributed by atoms with E-state index in [1.54, 1.807) is 0 Å². The summed E-state index contributed by atoms with van der Waals surface area (Å²) < 4.78 is 0. The number of aryl methyl sites for hydroxylation is 2. The third kappa shape index (κ3) is 2.45. The molecule has 1 saturated carbocycles. The van der Waals surface area contributed by atoms with Crippen LogP contribution in [0.4, 0.5) is 0 Å². The van der Waals surface area contributed by atoms with Crippen molar-refractivity contribution in [3.63, 3.8) is 0 Å². The van der Waals surface area contributed by atoms with Gasteiger partial charge in [-0.25, -0.2) is 0 Å². The molecule has 1 aromatic rings. The Morgan fingerprint density at radius 1 is 1.21 bits per heavy atom. The van der Waals surface area contributed by atoms with Crippen molar-refractivity contribution in [2.45, 2.75) is 38.6 Å². The van der Waals surface area contributed by atoms with Gasteiger partial charge in [0, 0.05) is 0 Å². The zero-order valence-corrected chi connectivity index (χ0v) is 11.7. The summed E-state index contributed by atoms with van der Waals surface area (Å²) in [6, 6.07) is 6.86. The molecule has 1 nitrogen and oxygen atoms in total. The zero-order valence-electron chi connectivity index (χ0n) is 8.88. The topological polar surface area (TPSA) is 23.8 Å². The van der Waals surface area contributed by atoms with Crippen molar-refractivity contribution < 1.29 is 32.7 Å². The van der Waals surface area contributed by atoms with Gasteiger partial charge in [-0.2, -0.15) is 0 Å². The predicted molar refractivity (Wildman–Crippen MR) is 56.0 cm³/mol. The fourth-order valence-electron chi connectivity index (χ4n) is 2.16. The normalized spacial score (nSPS) is 25.1. The number of benzene rings is 1. The van der Waals surface area contributed by atoms with Crippen LogP contribution < -0.4 is 0 Å². The van der Waals surface area contributed by atoms with Crippen LogP contribution >= 0.6 is 0 Å². The molecule has 1 aromatic carbocycles. The largest absolute Gasteiger partial charge is 3.00 e. The van der Waals surface area contributed by atoms with Gasteiger partial charge >= 0.3 is 32.7 Å². The standard InChI is InChI=1S/C12H16N.Y/c1-8-3-4-12(9(2)5-8)10-6-11(13)7-10;/h3-5,10-11,13H,6-7H2,1-2H3;/q-1;+3. The number of hydrogen-bond donors (Lipinski definition) is 0. The smallest absolute Gasteiger partial charge is 0.675 e. The summed E-state index contributed by atoms with van der Waals surface area (Å²) in [7, 11) is 0. The Morgan fingerprint density at radius 2 is 1.86 bits per heavy atom. The minimum Gasteiger partial charge on any atom is -0.675 e. The van der Waals surface area contributed by atoms with Gasteiger partial charge in [0.15, 0.2) is 0 Å². The summed E-state index contributed by atoms with van der Waals surface area (Å²) in [6.45, 7) is 4.31. The van der Waals surface area contributed by atoms with Crippen LogP contribution in [0.1, 0.15) is 35.4 Å². The van der Waals surface area contributed by atoms with Gasteiger partial charge in [-0.3, -0.25) is 0 Å². The van der Waals surface area contributed by atoms with Crippen molar-refractivity contribution in [2.24, 2.45) is 0 Å². The molecule has 14 heavy (non-hydrogen) atoms. The van der Waals surface area contributed by atoms with Crippen molar-refractivity contribution >= 4 is 0 Å². The molecule has 0 amide bonds. The Bertz CT molecular complexity index is 316. The van der Waals surface area contributed by atoms with E-state index in [1.807, 2.05) is 0 Å². The Hall–Kier alpha value is 0.284. The second-order valence-corrected chi connectivity index (χ2v) is 4.23. The molecule has 1 aliphatic carbocycles. The first-order valence-corrected chi connectivity index (χ1v) is 4.95. The van der Waals surface area contributed by atoms with Crippen LogP contribution in [-0.2, 0) is 32.7 Å². The second kappa shape index (κ2) is 4.87. The maximum Gasteiger partial charge on any atom is 3.00 e. The molecule has 1 N–H and O–H groups in total. The number of nitrogens with one attached hydrogen (secondary N) is 1. The Morgan fingerprint density at radius 3 is 2.36 bits per heavy atom. The van der Waals surface area contributed by atoms with Crippen LogP contribution in [0.15, 0.2) is 18.2 Å². The van der Waals surface area contributed by atoms with Crippen molar-refractivity contribution in [1.29, 1.82) is 0 Å². The molecule has 0 spiro atoms. The first-order chi connectivity index (χ1) is 6.16. The van der Waals surface area contributed by atoms with E-state index in [0.717, 1.165) is 12.8 Å². The summed E-state index contributed by atoms with van der Waals surface area (Å²) in [5.41, 5.74) is 11.7. The molecule has 0 unspecified atom stereocenters. The van der Waals surface area contributed by atoms with Gasteiger partial charge in [0.2, 0.25) is 0 Å². The molecular weight excluding hydrogens is 247 g/mol. The Balaban J connectivity index is 0.000000980. The van der Waals surface area contributed by atoms with E-state index < -0.39 is 0 Å². The van der Waals surface area contributed by atoms with Gasteiger partial charge in [-0.15, -0.1) is 6.04 Å². The molecule has 0 radical (unpaired) electrons. The van der Waals surface area contributed by atoms with E-state index in [-0.39, 0.29) is 38.8 Å². The van der Waals surface area contributed by atoms with E-state index >= 15 is 0 Å². The summed E-state index contributed by atoms with van der Waals surface area (Å²) in [5.74, 6) is 0.670. The summed E-state index contributed by atoms with van der Waals surface area (Å²) in [4.78, 5) is 0. The quantitative estimate of drug-likeness (QED) is 0.739. The molecule has 0 saturated heterocycles. The van der Waals surface area contributed by atoms with Crippen molar-refractivity contribution in [3.8, 4) is 0 Å². The number of rotatable bonds is 1. The molecule has 0 atom stereocenters. The van der Waals surface area contributed by atoms with E-state index in [9.17, 15) is 0 Å². The fourth-order valence-corrected chi connectivity index (χ4v) is 2.16. The van der Waals surface area contributed by atoms with Gasteiger partial charge in [0.1, 0.15) is 0 Å². The average Bonchev–Trinajstić information content (AvgIpc) is 2.00. The first kappa shape index (κ1) is 12.4. The molecule has 70 valence electrons. The van der Waals surface area contributed by atoms with Crippen LogP contribution in [0.25, 0.3) is 5.73 Å². The van der Waals surface area contributed by atoms with Crippen LogP contribution in [-0.4, -0.2) is 6.04 Å². The molecule has 1 fully saturated rings. The third-order valence-corrected chi connectivity index (χ3v) is 3.00. The van der Waals surface area contributed by atoms with Gasteiger partial charge in [-0.05, 0) is 30.9 Å².